The van der Waals surface area contributed by atoms with E-state index in [1.165, 1.54) is 0 Å². The molecular weight excluding hydrogens is 447 g/mol. The van der Waals surface area contributed by atoms with Crippen LogP contribution in [0.25, 0.3) is 0 Å². The highest BCUT2D eigenvalue weighted by atomic mass is 35.5. The van der Waals surface area contributed by atoms with Crippen LogP contribution >= 0.6 is 23.2 Å². The minimum atomic E-state index is -0.397. The molecule has 5 rings (SSSR count). The molecule has 0 radical (unpaired) electrons. The summed E-state index contributed by atoms with van der Waals surface area (Å²) in [5, 5.41) is -0.571. The summed E-state index contributed by atoms with van der Waals surface area (Å²) in [4.78, 5) is 20.4. The number of ether oxygens (including phenoxy) is 1. The van der Waals surface area contributed by atoms with E-state index in [1.54, 1.807) is 4.57 Å². The van der Waals surface area contributed by atoms with Gasteiger partial charge in [-0.05, 0) is 26.3 Å². The van der Waals surface area contributed by atoms with Crippen molar-refractivity contribution in [2.45, 2.75) is 61.5 Å². The van der Waals surface area contributed by atoms with Crippen molar-refractivity contribution in [3.8, 4) is 5.75 Å². The molecule has 2 aromatic rings. The molecule has 2 N–H and O–H groups in total. The normalized spacial score (nSPS) is 28.6. The van der Waals surface area contributed by atoms with Crippen LogP contribution < -0.4 is 20.9 Å². The van der Waals surface area contributed by atoms with Gasteiger partial charge in [0.25, 0.3) is 5.56 Å². The molecule has 0 bridgehead atoms. The molecule has 0 amide bonds. The zero-order valence-electron chi connectivity index (χ0n) is 18.3. The molecule has 1 spiro atoms. The number of piperidine rings is 1. The molecule has 1 aromatic heterocycles. The van der Waals surface area contributed by atoms with Crippen LogP contribution in [0.1, 0.15) is 48.3 Å². The number of para-hydroxylation sites is 1. The van der Waals surface area contributed by atoms with Gasteiger partial charge >= 0.3 is 0 Å². The van der Waals surface area contributed by atoms with E-state index in [2.05, 4.69) is 4.90 Å². The van der Waals surface area contributed by atoms with Crippen molar-refractivity contribution in [2.75, 3.05) is 18.0 Å². The molecule has 0 saturated carbocycles. The fraction of sp³-hybridized carbons (Fsp3) is 0.500. The fourth-order valence-electron chi connectivity index (χ4n) is 5.31. The Morgan fingerprint density at radius 1 is 1.19 bits per heavy atom. The number of halogens is 2. The van der Waals surface area contributed by atoms with Gasteiger partial charge in [-0.15, -0.1) is 23.2 Å². The lowest BCUT2D eigenvalue weighted by Crippen LogP contribution is -2.52. The van der Waals surface area contributed by atoms with Gasteiger partial charge in [-0.1, -0.05) is 30.4 Å². The molecular formula is C24H28Cl2N4O2. The van der Waals surface area contributed by atoms with Gasteiger partial charge in [0.05, 0.1) is 28.4 Å². The maximum atomic E-state index is 13.4. The topological polar surface area (TPSA) is 73.4 Å². The standard InChI is InChI=1S/C24H28Cl2N4O2/c1-14-22(28-15(2)30(23(14)31)18-8-5-7-17(25)20(18)26)29-12-10-24(11-13-29)21(27)16-6-3-4-9-19(16)32-24/h3-6,8-9,17-18,20-21H,7,10-13,27H2,1-2H3/t17-,18+,20?,21+/m0/s1. The molecule has 1 unspecified atom stereocenters. The van der Waals surface area contributed by atoms with E-state index in [0.717, 1.165) is 43.1 Å². The van der Waals surface area contributed by atoms with Crippen molar-refractivity contribution in [3.05, 3.63) is 63.7 Å². The Morgan fingerprint density at radius 2 is 1.91 bits per heavy atom. The number of rotatable bonds is 2. The highest BCUT2D eigenvalue weighted by Crippen LogP contribution is 2.47. The van der Waals surface area contributed by atoms with Gasteiger partial charge < -0.3 is 15.4 Å². The van der Waals surface area contributed by atoms with Gasteiger partial charge in [0.2, 0.25) is 0 Å². The number of nitrogens with two attached hydrogens (primary N) is 1. The molecule has 8 heteroatoms. The molecule has 2 aliphatic heterocycles. The Hall–Kier alpha value is -2.02. The lowest BCUT2D eigenvalue weighted by atomic mass is 9.83. The van der Waals surface area contributed by atoms with Crippen molar-refractivity contribution >= 4 is 29.0 Å². The Morgan fingerprint density at radius 3 is 2.62 bits per heavy atom. The summed E-state index contributed by atoms with van der Waals surface area (Å²) in [5.74, 6) is 2.26. The van der Waals surface area contributed by atoms with E-state index in [-0.39, 0.29) is 28.4 Å². The lowest BCUT2D eigenvalue weighted by Gasteiger charge is -2.42. The Bertz CT molecular complexity index is 1120. The quantitative estimate of drug-likeness (QED) is 0.525. The van der Waals surface area contributed by atoms with Crippen LogP contribution in [-0.4, -0.2) is 39.0 Å². The van der Waals surface area contributed by atoms with Crippen LogP contribution in [0, 0.1) is 13.8 Å². The van der Waals surface area contributed by atoms with Crippen LogP contribution in [0.4, 0.5) is 5.82 Å². The Kier molecular flexibility index (Phi) is 5.51. The number of benzene rings is 1. The summed E-state index contributed by atoms with van der Waals surface area (Å²) in [6.45, 7) is 5.15. The first-order chi connectivity index (χ1) is 15.3. The van der Waals surface area contributed by atoms with Crippen LogP contribution in [0.3, 0.4) is 0 Å². The Balaban J connectivity index is 1.40. The molecule has 1 saturated heterocycles. The first-order valence-electron chi connectivity index (χ1n) is 11.2. The maximum Gasteiger partial charge on any atom is 0.259 e. The first-order valence-corrected chi connectivity index (χ1v) is 12.0. The summed E-state index contributed by atoms with van der Waals surface area (Å²) in [5.41, 5.74) is 7.83. The van der Waals surface area contributed by atoms with Gasteiger partial charge in [-0.3, -0.25) is 9.36 Å². The van der Waals surface area contributed by atoms with Crippen LogP contribution in [0.2, 0.25) is 0 Å². The number of alkyl halides is 2. The molecule has 1 fully saturated rings. The molecule has 1 aromatic carbocycles. The van der Waals surface area contributed by atoms with E-state index in [4.69, 9.17) is 38.7 Å². The van der Waals surface area contributed by atoms with Crippen molar-refractivity contribution in [3.63, 3.8) is 0 Å². The summed E-state index contributed by atoms with van der Waals surface area (Å²) in [6.07, 6.45) is 6.20. The minimum Gasteiger partial charge on any atom is -0.485 e. The average molecular weight is 475 g/mol. The number of hydrogen-bond acceptors (Lipinski definition) is 5. The predicted octanol–water partition coefficient (Wildman–Crippen LogP) is 4.01. The number of hydrogen-bond donors (Lipinski definition) is 1. The largest absolute Gasteiger partial charge is 0.485 e. The molecule has 170 valence electrons. The van der Waals surface area contributed by atoms with Crippen molar-refractivity contribution in [1.82, 2.24) is 9.55 Å². The van der Waals surface area contributed by atoms with Gasteiger partial charge in [-0.25, -0.2) is 4.98 Å². The number of aryl methyl sites for hydroxylation is 1. The molecule has 32 heavy (non-hydrogen) atoms. The number of nitrogens with zero attached hydrogens (tertiary/aromatic N) is 3. The van der Waals surface area contributed by atoms with Gasteiger partial charge in [0, 0.05) is 31.5 Å². The third-order valence-electron chi connectivity index (χ3n) is 7.20. The SMILES string of the molecule is Cc1c(N2CCC3(CC2)Oc2ccccc2[C@H]3N)nc(C)n([C@@H]2C=CC[C@H](Cl)C2Cl)c1=O. The monoisotopic (exact) mass is 474 g/mol. The number of aromatic nitrogens is 2. The second kappa shape index (κ2) is 8.08. The minimum absolute atomic E-state index is 0.0694. The molecule has 3 aliphatic rings. The molecule has 3 heterocycles. The number of anilines is 1. The van der Waals surface area contributed by atoms with E-state index < -0.39 is 5.60 Å². The first kappa shape index (κ1) is 21.8. The summed E-state index contributed by atoms with van der Waals surface area (Å²) < 4.78 is 8.04. The zero-order valence-corrected chi connectivity index (χ0v) is 19.8. The third-order valence-corrected chi connectivity index (χ3v) is 8.34. The second-order valence-electron chi connectivity index (χ2n) is 9.07. The molecule has 1 aliphatic carbocycles. The van der Waals surface area contributed by atoms with E-state index in [0.29, 0.717) is 17.8 Å². The van der Waals surface area contributed by atoms with Gasteiger partial charge in [0.15, 0.2) is 0 Å². The van der Waals surface area contributed by atoms with Crippen LogP contribution in [-0.2, 0) is 0 Å². The highest BCUT2D eigenvalue weighted by molar-refractivity contribution is 6.30. The third kappa shape index (κ3) is 3.35. The number of fused-ring (bicyclic) bond motifs is 1. The average Bonchev–Trinajstić information content (AvgIpc) is 3.06. The van der Waals surface area contributed by atoms with Gasteiger partial charge in [0.1, 0.15) is 23.0 Å². The summed E-state index contributed by atoms with van der Waals surface area (Å²) in [6, 6.07) is 7.57. The van der Waals surface area contributed by atoms with Crippen molar-refractivity contribution < 1.29 is 4.74 Å². The highest BCUT2D eigenvalue weighted by Gasteiger charge is 2.48. The second-order valence-corrected chi connectivity index (χ2v) is 10.1. The predicted molar refractivity (Wildman–Crippen MR) is 128 cm³/mol. The fourth-order valence-corrected chi connectivity index (χ4v) is 5.86. The lowest BCUT2D eigenvalue weighted by molar-refractivity contribution is 0.0430. The molecule has 4 atom stereocenters. The van der Waals surface area contributed by atoms with E-state index in [1.807, 2.05) is 50.3 Å². The van der Waals surface area contributed by atoms with E-state index in [9.17, 15) is 4.79 Å². The number of allylic oxidation sites excluding steroid dienone is 2. The van der Waals surface area contributed by atoms with Crippen LogP contribution in [0.15, 0.2) is 41.2 Å². The van der Waals surface area contributed by atoms with Crippen LogP contribution in [0.5, 0.6) is 5.75 Å². The summed E-state index contributed by atoms with van der Waals surface area (Å²) in [7, 11) is 0. The summed E-state index contributed by atoms with van der Waals surface area (Å²) >= 11 is 12.9. The smallest absolute Gasteiger partial charge is 0.259 e. The van der Waals surface area contributed by atoms with Crippen molar-refractivity contribution in [2.24, 2.45) is 5.73 Å². The van der Waals surface area contributed by atoms with Crippen molar-refractivity contribution in [1.29, 1.82) is 0 Å². The zero-order chi connectivity index (χ0) is 22.6. The van der Waals surface area contributed by atoms with Gasteiger partial charge in [-0.2, -0.15) is 0 Å². The Labute approximate surface area is 198 Å². The van der Waals surface area contributed by atoms with E-state index >= 15 is 0 Å². The molecule has 6 nitrogen and oxygen atoms in total. The maximum absolute atomic E-state index is 13.4.